The summed E-state index contributed by atoms with van der Waals surface area (Å²) in [5.41, 5.74) is 7.51. The molecule has 1 saturated carbocycles. The predicted molar refractivity (Wildman–Crippen MR) is 95.9 cm³/mol. The smallest absolute Gasteiger partial charge is 0.231 e. The molecule has 4 rings (SSSR count). The summed E-state index contributed by atoms with van der Waals surface area (Å²) in [6.45, 7) is 0.784. The SMILES string of the molecule is Cl.NC[C@H]1CCC[C@H]1C(=O)Nc1[nH]ncc1-c1ccc2c(c1)OCO2. The van der Waals surface area contributed by atoms with E-state index in [0.29, 0.717) is 18.1 Å². The van der Waals surface area contributed by atoms with Crippen molar-refractivity contribution in [3.05, 3.63) is 24.4 Å². The molecule has 1 aliphatic carbocycles. The number of carbonyl (C=O) groups excluding carboxylic acids is 1. The number of anilines is 1. The lowest BCUT2D eigenvalue weighted by molar-refractivity contribution is -0.120. The maximum Gasteiger partial charge on any atom is 0.231 e. The monoisotopic (exact) mass is 364 g/mol. The second-order valence-corrected chi connectivity index (χ2v) is 6.25. The van der Waals surface area contributed by atoms with E-state index in [-0.39, 0.29) is 36.9 Å². The highest BCUT2D eigenvalue weighted by molar-refractivity contribution is 5.95. The van der Waals surface area contributed by atoms with Crippen LogP contribution in [0.25, 0.3) is 11.1 Å². The fourth-order valence-electron chi connectivity index (χ4n) is 3.54. The minimum absolute atomic E-state index is 0. The normalized spacial score (nSPS) is 21.0. The Balaban J connectivity index is 0.00000182. The zero-order valence-electron chi connectivity index (χ0n) is 13.7. The average molecular weight is 365 g/mol. The molecule has 1 aromatic heterocycles. The van der Waals surface area contributed by atoms with Crippen molar-refractivity contribution < 1.29 is 14.3 Å². The fraction of sp³-hybridized carbons (Fsp3) is 0.412. The van der Waals surface area contributed by atoms with Crippen LogP contribution in [0.2, 0.25) is 0 Å². The number of nitrogens with two attached hydrogens (primary N) is 1. The number of fused-ring (bicyclic) bond motifs is 1. The zero-order valence-corrected chi connectivity index (χ0v) is 14.5. The van der Waals surface area contributed by atoms with Crippen LogP contribution in [0.4, 0.5) is 5.82 Å². The predicted octanol–water partition coefficient (Wildman–Crippen LogP) is 2.54. The van der Waals surface area contributed by atoms with Gasteiger partial charge in [-0.3, -0.25) is 9.89 Å². The highest BCUT2D eigenvalue weighted by atomic mass is 35.5. The Labute approximate surface area is 151 Å². The molecule has 0 bridgehead atoms. The summed E-state index contributed by atoms with van der Waals surface area (Å²) >= 11 is 0. The Morgan fingerprint density at radius 3 is 3.00 bits per heavy atom. The highest BCUT2D eigenvalue weighted by Crippen LogP contribution is 2.38. The van der Waals surface area contributed by atoms with Gasteiger partial charge < -0.3 is 20.5 Å². The molecule has 0 radical (unpaired) electrons. The second-order valence-electron chi connectivity index (χ2n) is 6.25. The number of hydrogen-bond acceptors (Lipinski definition) is 5. The van der Waals surface area contributed by atoms with E-state index in [1.165, 1.54) is 0 Å². The summed E-state index contributed by atoms with van der Waals surface area (Å²) in [7, 11) is 0. The fourth-order valence-corrected chi connectivity index (χ4v) is 3.54. The van der Waals surface area contributed by atoms with E-state index in [9.17, 15) is 4.79 Å². The van der Waals surface area contributed by atoms with Gasteiger partial charge in [-0.1, -0.05) is 12.5 Å². The largest absolute Gasteiger partial charge is 0.454 e. The van der Waals surface area contributed by atoms with Crippen molar-refractivity contribution >= 4 is 24.1 Å². The van der Waals surface area contributed by atoms with Crippen molar-refractivity contribution in [2.75, 3.05) is 18.7 Å². The van der Waals surface area contributed by atoms with Gasteiger partial charge in [0.05, 0.1) is 6.20 Å². The lowest BCUT2D eigenvalue weighted by atomic mass is 9.95. The number of halogens is 1. The number of aromatic nitrogens is 2. The Morgan fingerprint density at radius 1 is 1.32 bits per heavy atom. The maximum absolute atomic E-state index is 12.6. The van der Waals surface area contributed by atoms with Crippen molar-refractivity contribution in [3.63, 3.8) is 0 Å². The van der Waals surface area contributed by atoms with E-state index in [1.807, 2.05) is 18.2 Å². The summed E-state index contributed by atoms with van der Waals surface area (Å²) in [6, 6.07) is 5.67. The Kier molecular flexibility index (Phi) is 5.15. The molecule has 8 heteroatoms. The van der Waals surface area contributed by atoms with Gasteiger partial charge in [-0.15, -0.1) is 12.4 Å². The van der Waals surface area contributed by atoms with Crippen molar-refractivity contribution in [1.29, 1.82) is 0 Å². The van der Waals surface area contributed by atoms with Gasteiger partial charge >= 0.3 is 0 Å². The van der Waals surface area contributed by atoms with Crippen LogP contribution in [0.15, 0.2) is 24.4 Å². The van der Waals surface area contributed by atoms with Crippen LogP contribution >= 0.6 is 12.4 Å². The molecule has 1 fully saturated rings. The molecule has 2 heterocycles. The van der Waals surface area contributed by atoms with Crippen LogP contribution in [0.3, 0.4) is 0 Å². The quantitative estimate of drug-likeness (QED) is 0.773. The first-order valence-corrected chi connectivity index (χ1v) is 8.20. The summed E-state index contributed by atoms with van der Waals surface area (Å²) in [4.78, 5) is 12.6. The number of benzene rings is 1. The third kappa shape index (κ3) is 3.29. The summed E-state index contributed by atoms with van der Waals surface area (Å²) in [5.74, 6) is 2.27. The van der Waals surface area contributed by atoms with Crippen LogP contribution in [-0.2, 0) is 4.79 Å². The lowest BCUT2D eigenvalue weighted by Gasteiger charge is -2.17. The van der Waals surface area contributed by atoms with Crippen LogP contribution in [0.5, 0.6) is 11.5 Å². The van der Waals surface area contributed by atoms with Crippen LogP contribution < -0.4 is 20.5 Å². The summed E-state index contributed by atoms with van der Waals surface area (Å²) < 4.78 is 10.7. The minimum Gasteiger partial charge on any atom is -0.454 e. The van der Waals surface area contributed by atoms with E-state index in [0.717, 1.165) is 36.1 Å². The standard InChI is InChI=1S/C17H20N4O3.ClH/c18-7-11-2-1-3-12(11)17(22)20-16-13(8-19-21-16)10-4-5-14-15(6-10)24-9-23-14;/h4-6,8,11-12H,1-3,7,9,18H2,(H2,19,20,21,22);1H/t11-,12-;/m1./s1. The molecular weight excluding hydrogens is 344 g/mol. The van der Waals surface area contributed by atoms with Crippen LogP contribution in [0.1, 0.15) is 19.3 Å². The number of nitrogens with one attached hydrogen (secondary N) is 2. The number of aromatic amines is 1. The Hall–Kier alpha value is -2.25. The second kappa shape index (κ2) is 7.33. The molecule has 134 valence electrons. The molecule has 2 aliphatic rings. The van der Waals surface area contributed by atoms with Gasteiger partial charge in [0, 0.05) is 11.5 Å². The van der Waals surface area contributed by atoms with Crippen molar-refractivity contribution in [2.24, 2.45) is 17.6 Å². The molecular formula is C17H21ClN4O3. The van der Waals surface area contributed by atoms with E-state index >= 15 is 0 Å². The van der Waals surface area contributed by atoms with Gasteiger partial charge in [0.2, 0.25) is 12.7 Å². The first kappa shape index (κ1) is 17.6. The molecule has 25 heavy (non-hydrogen) atoms. The third-order valence-electron chi connectivity index (χ3n) is 4.87. The average Bonchev–Trinajstić information content (AvgIpc) is 3.33. The summed E-state index contributed by atoms with van der Waals surface area (Å²) in [5, 5.41) is 9.93. The number of hydrogen-bond donors (Lipinski definition) is 3. The maximum atomic E-state index is 12.6. The van der Waals surface area contributed by atoms with Gasteiger partial charge in [-0.2, -0.15) is 5.10 Å². The Morgan fingerprint density at radius 2 is 2.16 bits per heavy atom. The first-order chi connectivity index (χ1) is 11.8. The highest BCUT2D eigenvalue weighted by Gasteiger charge is 2.32. The number of carbonyl (C=O) groups is 1. The Bertz CT molecular complexity index is 764. The molecule has 0 spiro atoms. The molecule has 0 unspecified atom stereocenters. The van der Waals surface area contributed by atoms with Gasteiger partial charge in [0.15, 0.2) is 11.5 Å². The van der Waals surface area contributed by atoms with Crippen LogP contribution in [0, 0.1) is 11.8 Å². The molecule has 4 N–H and O–H groups in total. The van der Waals surface area contributed by atoms with Gasteiger partial charge in [0.1, 0.15) is 5.82 Å². The first-order valence-electron chi connectivity index (χ1n) is 8.20. The number of H-pyrrole nitrogens is 1. The third-order valence-corrected chi connectivity index (χ3v) is 4.87. The molecule has 1 aromatic carbocycles. The van der Waals surface area contributed by atoms with E-state index in [1.54, 1.807) is 6.20 Å². The molecule has 1 amide bonds. The number of rotatable bonds is 4. The van der Waals surface area contributed by atoms with Gasteiger partial charge in [-0.05, 0) is 43.0 Å². The molecule has 2 aromatic rings. The zero-order chi connectivity index (χ0) is 16.5. The minimum atomic E-state index is -0.0251. The van der Waals surface area contributed by atoms with Gasteiger partial charge in [0.25, 0.3) is 0 Å². The number of nitrogens with zero attached hydrogens (tertiary/aromatic N) is 1. The topological polar surface area (TPSA) is 102 Å². The summed E-state index contributed by atoms with van der Waals surface area (Å²) in [6.07, 6.45) is 4.66. The van der Waals surface area contributed by atoms with Gasteiger partial charge in [-0.25, -0.2) is 0 Å². The van der Waals surface area contributed by atoms with E-state index in [2.05, 4.69) is 15.5 Å². The van der Waals surface area contributed by atoms with E-state index in [4.69, 9.17) is 15.2 Å². The lowest BCUT2D eigenvalue weighted by Crippen LogP contribution is -2.30. The molecule has 0 saturated heterocycles. The molecule has 1 aliphatic heterocycles. The van der Waals surface area contributed by atoms with Crippen molar-refractivity contribution in [2.45, 2.75) is 19.3 Å². The van der Waals surface area contributed by atoms with E-state index < -0.39 is 0 Å². The molecule has 2 atom stereocenters. The molecule has 7 nitrogen and oxygen atoms in total. The number of ether oxygens (including phenoxy) is 2. The van der Waals surface area contributed by atoms with Crippen molar-refractivity contribution in [1.82, 2.24) is 10.2 Å². The number of amides is 1. The van der Waals surface area contributed by atoms with Crippen molar-refractivity contribution in [3.8, 4) is 22.6 Å². The van der Waals surface area contributed by atoms with Crippen LogP contribution in [-0.4, -0.2) is 29.4 Å².